The van der Waals surface area contributed by atoms with Crippen molar-refractivity contribution in [1.29, 1.82) is 0 Å². The van der Waals surface area contributed by atoms with Crippen LogP contribution in [0.25, 0.3) is 0 Å². The van der Waals surface area contributed by atoms with Gasteiger partial charge in [0.15, 0.2) is 0 Å². The van der Waals surface area contributed by atoms with Crippen molar-refractivity contribution in [3.05, 3.63) is 0 Å². The Morgan fingerprint density at radius 3 is 1.38 bits per heavy atom. The first-order valence-electron chi connectivity index (χ1n) is 5.56. The molecule has 0 aliphatic carbocycles. The molecule has 0 saturated carbocycles. The second kappa shape index (κ2) is 14.7. The average Bonchev–Trinajstić information content (AvgIpc) is 2.23. The average molecular weight is 360 g/mol. The molecule has 4 N–H and O–H groups in total. The third kappa shape index (κ3) is 16.0. The molecule has 9 nitrogen and oxygen atoms in total. The Bertz CT molecular complexity index is 317. The van der Waals surface area contributed by atoms with Gasteiger partial charge in [0, 0.05) is 36.4 Å². The molecular formula is C10H18CoN2NaO7+. The Balaban J connectivity index is -0.00000162. The van der Waals surface area contributed by atoms with Crippen molar-refractivity contribution in [3.63, 3.8) is 0 Å². The first kappa shape index (κ1) is 25.7. The number of aliphatic hydroxyl groups excluding tert-OH is 1. The molecule has 0 heterocycles. The van der Waals surface area contributed by atoms with Crippen molar-refractivity contribution < 1.29 is 81.1 Å². The SMILES string of the molecule is O=C(O)CN(CCO)CCN(CC(=O)O)CC(=O)O.[Co].[Na+]. The first-order valence-corrected chi connectivity index (χ1v) is 5.56. The number of carbonyl (C=O) groups is 3. The van der Waals surface area contributed by atoms with Crippen LogP contribution in [0.5, 0.6) is 0 Å². The summed E-state index contributed by atoms with van der Waals surface area (Å²) in [5.74, 6) is -3.39. The van der Waals surface area contributed by atoms with Crippen molar-refractivity contribution in [1.82, 2.24) is 9.80 Å². The van der Waals surface area contributed by atoms with Crippen LogP contribution in [0.3, 0.4) is 0 Å². The zero-order chi connectivity index (χ0) is 14.8. The topological polar surface area (TPSA) is 139 Å². The number of nitrogens with zero attached hydrogens (tertiary/aromatic N) is 2. The number of aliphatic hydroxyl groups is 1. The second-order valence-corrected chi connectivity index (χ2v) is 3.89. The summed E-state index contributed by atoms with van der Waals surface area (Å²) >= 11 is 0. The second-order valence-electron chi connectivity index (χ2n) is 3.89. The fourth-order valence-electron chi connectivity index (χ4n) is 1.48. The van der Waals surface area contributed by atoms with E-state index in [9.17, 15) is 14.4 Å². The summed E-state index contributed by atoms with van der Waals surface area (Å²) in [5.41, 5.74) is 0. The Hall–Kier alpha value is -0.204. The maximum atomic E-state index is 10.6. The van der Waals surface area contributed by atoms with E-state index in [-0.39, 0.29) is 79.1 Å². The van der Waals surface area contributed by atoms with Crippen molar-refractivity contribution in [2.24, 2.45) is 0 Å². The van der Waals surface area contributed by atoms with Crippen molar-refractivity contribution in [3.8, 4) is 0 Å². The molecule has 119 valence electrons. The number of carboxylic acid groups (broad SMARTS) is 3. The number of aliphatic carboxylic acids is 3. The fourth-order valence-corrected chi connectivity index (χ4v) is 1.48. The van der Waals surface area contributed by atoms with Gasteiger partial charge in [-0.2, -0.15) is 0 Å². The molecule has 0 aliphatic rings. The van der Waals surface area contributed by atoms with E-state index >= 15 is 0 Å². The summed E-state index contributed by atoms with van der Waals surface area (Å²) in [7, 11) is 0. The van der Waals surface area contributed by atoms with Gasteiger partial charge >= 0.3 is 47.5 Å². The third-order valence-electron chi connectivity index (χ3n) is 2.23. The summed E-state index contributed by atoms with van der Waals surface area (Å²) in [4.78, 5) is 34.3. The monoisotopic (exact) mass is 360 g/mol. The van der Waals surface area contributed by atoms with Crippen LogP contribution in [0.2, 0.25) is 0 Å². The van der Waals surface area contributed by atoms with Crippen molar-refractivity contribution in [2.75, 3.05) is 45.9 Å². The smallest absolute Gasteiger partial charge is 0.480 e. The summed E-state index contributed by atoms with van der Waals surface area (Å²) in [6.45, 7) is -1.03. The Morgan fingerprint density at radius 1 is 0.714 bits per heavy atom. The largest absolute Gasteiger partial charge is 1.00 e. The number of hydrogen-bond donors (Lipinski definition) is 4. The molecule has 0 fully saturated rings. The van der Waals surface area contributed by atoms with Crippen LogP contribution in [-0.2, 0) is 31.2 Å². The minimum absolute atomic E-state index is 0. The standard InChI is InChI=1S/C10H18N2O7.Co.Na/c13-4-3-11(5-8(14)15)1-2-12(6-9(16)17)7-10(18)19;;/h13H,1-7H2,(H,14,15)(H,16,17)(H,18,19);;/q;;+1. The molecular weight excluding hydrogens is 342 g/mol. The third-order valence-corrected chi connectivity index (χ3v) is 2.23. The van der Waals surface area contributed by atoms with E-state index < -0.39 is 31.0 Å². The fraction of sp³-hybridized carbons (Fsp3) is 0.700. The van der Waals surface area contributed by atoms with Gasteiger partial charge in [-0.25, -0.2) is 0 Å². The molecule has 0 amide bonds. The van der Waals surface area contributed by atoms with Gasteiger partial charge in [0.05, 0.1) is 26.2 Å². The maximum Gasteiger partial charge on any atom is 1.00 e. The van der Waals surface area contributed by atoms with E-state index in [1.54, 1.807) is 0 Å². The van der Waals surface area contributed by atoms with Crippen molar-refractivity contribution in [2.45, 2.75) is 0 Å². The summed E-state index contributed by atoms with van der Waals surface area (Å²) in [6, 6.07) is 0. The van der Waals surface area contributed by atoms with Gasteiger partial charge in [0.1, 0.15) is 0 Å². The van der Waals surface area contributed by atoms with Gasteiger partial charge in [-0.15, -0.1) is 0 Å². The molecule has 0 atom stereocenters. The van der Waals surface area contributed by atoms with Crippen LogP contribution in [-0.4, -0.2) is 94.0 Å². The molecule has 0 bridgehead atoms. The Labute approximate surface area is 154 Å². The van der Waals surface area contributed by atoms with E-state index in [0.29, 0.717) is 0 Å². The van der Waals surface area contributed by atoms with Crippen LogP contribution in [0.4, 0.5) is 0 Å². The van der Waals surface area contributed by atoms with E-state index in [0.717, 1.165) is 0 Å². The minimum Gasteiger partial charge on any atom is -0.480 e. The molecule has 0 aliphatic heterocycles. The van der Waals surface area contributed by atoms with Crippen LogP contribution in [0.15, 0.2) is 0 Å². The van der Waals surface area contributed by atoms with Gasteiger partial charge < -0.3 is 20.4 Å². The molecule has 0 spiro atoms. The summed E-state index contributed by atoms with van der Waals surface area (Å²) in [5, 5.41) is 34.7. The van der Waals surface area contributed by atoms with E-state index in [1.807, 2.05) is 0 Å². The van der Waals surface area contributed by atoms with Gasteiger partial charge in [-0.1, -0.05) is 0 Å². The summed E-state index contributed by atoms with van der Waals surface area (Å²) < 4.78 is 0. The van der Waals surface area contributed by atoms with Crippen LogP contribution >= 0.6 is 0 Å². The molecule has 0 saturated heterocycles. The molecule has 1 radical (unpaired) electrons. The molecule has 0 unspecified atom stereocenters. The number of rotatable bonds is 11. The van der Waals surface area contributed by atoms with E-state index in [2.05, 4.69) is 0 Å². The van der Waals surface area contributed by atoms with E-state index in [1.165, 1.54) is 9.80 Å². The van der Waals surface area contributed by atoms with E-state index in [4.69, 9.17) is 20.4 Å². The van der Waals surface area contributed by atoms with Crippen LogP contribution in [0.1, 0.15) is 0 Å². The first-order chi connectivity index (χ1) is 8.85. The molecule has 0 aromatic carbocycles. The van der Waals surface area contributed by atoms with Gasteiger partial charge in [0.25, 0.3) is 0 Å². The molecule has 21 heavy (non-hydrogen) atoms. The molecule has 11 heteroatoms. The zero-order valence-electron chi connectivity index (χ0n) is 11.7. The number of carboxylic acids is 3. The number of hydrogen-bond acceptors (Lipinski definition) is 6. The van der Waals surface area contributed by atoms with Crippen LogP contribution < -0.4 is 29.6 Å². The van der Waals surface area contributed by atoms with Gasteiger partial charge in [-0.3, -0.25) is 24.2 Å². The molecule has 0 aromatic rings. The molecule has 0 aromatic heterocycles. The quantitative estimate of drug-likeness (QED) is 0.266. The van der Waals surface area contributed by atoms with Crippen molar-refractivity contribution >= 4 is 17.9 Å². The maximum absolute atomic E-state index is 10.6. The molecule has 0 rings (SSSR count). The van der Waals surface area contributed by atoms with Gasteiger partial charge in [0.2, 0.25) is 0 Å². The normalized spacial score (nSPS) is 9.86. The zero-order valence-corrected chi connectivity index (χ0v) is 14.7. The Morgan fingerprint density at radius 2 is 1.05 bits per heavy atom. The summed E-state index contributed by atoms with van der Waals surface area (Å²) in [6.07, 6.45) is 0. The predicted octanol–water partition coefficient (Wildman–Crippen LogP) is -5.16. The van der Waals surface area contributed by atoms with Crippen LogP contribution in [0, 0.1) is 0 Å². The predicted molar refractivity (Wildman–Crippen MR) is 62.9 cm³/mol. The minimum atomic E-state index is -1.16. The van der Waals surface area contributed by atoms with Gasteiger partial charge in [-0.05, 0) is 0 Å². The Kier molecular flexibility index (Phi) is 18.0.